The van der Waals surface area contributed by atoms with E-state index in [1.54, 1.807) is 0 Å². The van der Waals surface area contributed by atoms with E-state index in [2.05, 4.69) is 0 Å². The molecule has 0 radical (unpaired) electrons. The van der Waals surface area contributed by atoms with Gasteiger partial charge in [0, 0.05) is 17.8 Å². The first-order valence-corrected chi connectivity index (χ1v) is 5.16. The van der Waals surface area contributed by atoms with Crippen molar-refractivity contribution in [3.8, 4) is 0 Å². The number of carbonyl (C=O) groups is 1. The van der Waals surface area contributed by atoms with Crippen LogP contribution >= 0.6 is 11.6 Å². The van der Waals surface area contributed by atoms with E-state index in [1.165, 1.54) is 24.9 Å². The second-order valence-corrected chi connectivity index (χ2v) is 4.19. The number of Topliss-reactive ketones (excluding diaryl/α,β-unsaturated/α-hetero) is 1. The summed E-state index contributed by atoms with van der Waals surface area (Å²) in [6, 6.07) is 3.21. The van der Waals surface area contributed by atoms with Crippen molar-refractivity contribution in [2.75, 3.05) is 18.5 Å². The van der Waals surface area contributed by atoms with Crippen LogP contribution in [-0.4, -0.2) is 19.4 Å². The molecule has 1 aromatic carbocycles. The first-order valence-electron chi connectivity index (χ1n) is 4.78. The first-order chi connectivity index (χ1) is 7.70. The number of hydrogen-bond acceptors (Lipinski definition) is 2. The van der Waals surface area contributed by atoms with Crippen LogP contribution in [0.4, 0.5) is 18.9 Å². The number of halogens is 4. The summed E-state index contributed by atoms with van der Waals surface area (Å²) in [6.07, 6.45) is -4.45. The SMILES string of the molecule is CC(=O)CN(C)c1cc(Cl)cc(C(F)(F)F)c1. The van der Waals surface area contributed by atoms with Crippen molar-refractivity contribution in [1.82, 2.24) is 0 Å². The van der Waals surface area contributed by atoms with Gasteiger partial charge in [-0.25, -0.2) is 0 Å². The fraction of sp³-hybridized carbons (Fsp3) is 0.364. The van der Waals surface area contributed by atoms with E-state index < -0.39 is 11.7 Å². The minimum Gasteiger partial charge on any atom is -0.367 e. The number of likely N-dealkylation sites (N-methyl/N-ethyl adjacent to an activating group) is 1. The molecule has 6 heteroatoms. The summed E-state index contributed by atoms with van der Waals surface area (Å²) in [5.74, 6) is -0.138. The van der Waals surface area contributed by atoms with Crippen molar-refractivity contribution in [2.24, 2.45) is 0 Å². The van der Waals surface area contributed by atoms with Crippen molar-refractivity contribution in [2.45, 2.75) is 13.1 Å². The Labute approximate surface area is 102 Å². The van der Waals surface area contributed by atoms with E-state index in [0.29, 0.717) is 0 Å². The molecule has 0 bridgehead atoms. The summed E-state index contributed by atoms with van der Waals surface area (Å²) in [5, 5.41) is -0.00905. The smallest absolute Gasteiger partial charge is 0.367 e. The van der Waals surface area contributed by atoms with Crippen LogP contribution in [0.3, 0.4) is 0 Å². The molecule has 0 saturated heterocycles. The average molecular weight is 266 g/mol. The highest BCUT2D eigenvalue weighted by Gasteiger charge is 2.31. The van der Waals surface area contributed by atoms with Crippen LogP contribution in [0.15, 0.2) is 18.2 Å². The van der Waals surface area contributed by atoms with Gasteiger partial charge >= 0.3 is 6.18 Å². The van der Waals surface area contributed by atoms with Gasteiger partial charge in [0.25, 0.3) is 0 Å². The predicted molar refractivity (Wildman–Crippen MR) is 60.4 cm³/mol. The number of carbonyl (C=O) groups excluding carboxylic acids is 1. The molecule has 0 fully saturated rings. The van der Waals surface area contributed by atoms with Crippen molar-refractivity contribution in [1.29, 1.82) is 0 Å². The second kappa shape index (κ2) is 4.96. The molecule has 1 aromatic rings. The predicted octanol–water partition coefficient (Wildman–Crippen LogP) is 3.38. The topological polar surface area (TPSA) is 20.3 Å². The van der Waals surface area contributed by atoms with Crippen LogP contribution in [0.5, 0.6) is 0 Å². The quantitative estimate of drug-likeness (QED) is 0.835. The molecule has 0 aromatic heterocycles. The maximum atomic E-state index is 12.5. The monoisotopic (exact) mass is 265 g/mol. The summed E-state index contributed by atoms with van der Waals surface area (Å²) in [6.45, 7) is 1.41. The molecule has 0 heterocycles. The van der Waals surface area contributed by atoms with Gasteiger partial charge in [0.1, 0.15) is 5.78 Å². The van der Waals surface area contributed by atoms with Gasteiger partial charge in [0.05, 0.1) is 12.1 Å². The maximum Gasteiger partial charge on any atom is 0.416 e. The van der Waals surface area contributed by atoms with Crippen LogP contribution in [0, 0.1) is 0 Å². The third-order valence-electron chi connectivity index (χ3n) is 2.11. The molecule has 94 valence electrons. The lowest BCUT2D eigenvalue weighted by molar-refractivity contribution is -0.137. The van der Waals surface area contributed by atoms with Crippen LogP contribution in [-0.2, 0) is 11.0 Å². The van der Waals surface area contributed by atoms with Crippen molar-refractivity contribution in [3.05, 3.63) is 28.8 Å². The Kier molecular flexibility index (Phi) is 4.03. The van der Waals surface area contributed by atoms with Gasteiger partial charge in [0.2, 0.25) is 0 Å². The third-order valence-corrected chi connectivity index (χ3v) is 2.33. The number of rotatable bonds is 3. The molecule has 0 spiro atoms. The summed E-state index contributed by atoms with van der Waals surface area (Å²) >= 11 is 5.63. The van der Waals surface area contributed by atoms with E-state index in [9.17, 15) is 18.0 Å². The number of nitrogens with zero attached hydrogens (tertiary/aromatic N) is 1. The van der Waals surface area contributed by atoms with Gasteiger partial charge < -0.3 is 4.90 Å². The molecule has 0 amide bonds. The zero-order valence-electron chi connectivity index (χ0n) is 9.31. The van der Waals surface area contributed by atoms with Crippen LogP contribution in [0.25, 0.3) is 0 Å². The molecule has 17 heavy (non-hydrogen) atoms. The standard InChI is InChI=1S/C11H11ClF3NO/c1-7(17)6-16(2)10-4-8(11(13,14)15)3-9(12)5-10/h3-5H,6H2,1-2H3. The second-order valence-electron chi connectivity index (χ2n) is 3.75. The van der Waals surface area contributed by atoms with Crippen molar-refractivity contribution < 1.29 is 18.0 Å². The van der Waals surface area contributed by atoms with E-state index in [0.717, 1.165) is 12.1 Å². The van der Waals surface area contributed by atoms with E-state index in [-0.39, 0.29) is 23.0 Å². The Morgan fingerprint density at radius 1 is 1.35 bits per heavy atom. The summed E-state index contributed by atoms with van der Waals surface area (Å²) in [7, 11) is 1.53. The van der Waals surface area contributed by atoms with Gasteiger partial charge in [-0.15, -0.1) is 0 Å². The van der Waals surface area contributed by atoms with E-state index in [1.807, 2.05) is 0 Å². The molecular weight excluding hydrogens is 255 g/mol. The number of alkyl halides is 3. The summed E-state index contributed by atoms with van der Waals surface area (Å²) < 4.78 is 37.6. The number of hydrogen-bond donors (Lipinski definition) is 0. The number of benzene rings is 1. The van der Waals surface area contributed by atoms with Crippen LogP contribution < -0.4 is 4.90 Å². The molecule has 0 saturated carbocycles. The molecule has 0 atom stereocenters. The Balaban J connectivity index is 3.09. The Hall–Kier alpha value is -1.23. The average Bonchev–Trinajstić information content (AvgIpc) is 2.14. The molecule has 0 unspecified atom stereocenters. The van der Waals surface area contributed by atoms with Crippen LogP contribution in [0.1, 0.15) is 12.5 Å². The zero-order valence-corrected chi connectivity index (χ0v) is 10.1. The van der Waals surface area contributed by atoms with Gasteiger partial charge in [-0.1, -0.05) is 11.6 Å². The first kappa shape index (κ1) is 13.8. The molecule has 0 aliphatic heterocycles. The third kappa shape index (κ3) is 3.93. The van der Waals surface area contributed by atoms with Gasteiger partial charge in [-0.3, -0.25) is 4.79 Å². The Morgan fingerprint density at radius 2 is 1.94 bits per heavy atom. The fourth-order valence-electron chi connectivity index (χ4n) is 1.38. The van der Waals surface area contributed by atoms with E-state index >= 15 is 0 Å². The lowest BCUT2D eigenvalue weighted by Gasteiger charge is -2.19. The summed E-state index contributed by atoms with van der Waals surface area (Å²) in [5.41, 5.74) is -0.560. The fourth-order valence-corrected chi connectivity index (χ4v) is 1.61. The lowest BCUT2D eigenvalue weighted by atomic mass is 10.2. The highest BCUT2D eigenvalue weighted by atomic mass is 35.5. The minimum atomic E-state index is -4.45. The van der Waals surface area contributed by atoms with Crippen molar-refractivity contribution in [3.63, 3.8) is 0 Å². The Morgan fingerprint density at radius 3 is 2.41 bits per heavy atom. The molecule has 0 aliphatic carbocycles. The molecule has 1 rings (SSSR count). The molecular formula is C11H11ClF3NO. The largest absolute Gasteiger partial charge is 0.416 e. The highest BCUT2D eigenvalue weighted by molar-refractivity contribution is 6.31. The van der Waals surface area contributed by atoms with Crippen LogP contribution in [0.2, 0.25) is 5.02 Å². The lowest BCUT2D eigenvalue weighted by Crippen LogP contribution is -2.24. The summed E-state index contributed by atoms with van der Waals surface area (Å²) in [4.78, 5) is 12.3. The normalized spacial score (nSPS) is 11.4. The number of anilines is 1. The Bertz CT molecular complexity index is 431. The van der Waals surface area contributed by atoms with Gasteiger partial charge in [0.15, 0.2) is 0 Å². The molecule has 2 nitrogen and oxygen atoms in total. The minimum absolute atomic E-state index is 0.00905. The molecule has 0 N–H and O–H groups in total. The molecule has 0 aliphatic rings. The van der Waals surface area contributed by atoms with E-state index in [4.69, 9.17) is 11.6 Å². The highest BCUT2D eigenvalue weighted by Crippen LogP contribution is 2.34. The van der Waals surface area contributed by atoms with Gasteiger partial charge in [-0.05, 0) is 25.1 Å². The number of ketones is 1. The van der Waals surface area contributed by atoms with Gasteiger partial charge in [-0.2, -0.15) is 13.2 Å². The zero-order chi connectivity index (χ0) is 13.2. The maximum absolute atomic E-state index is 12.5. The van der Waals surface area contributed by atoms with Crippen molar-refractivity contribution >= 4 is 23.1 Å².